The number of fused-ring (bicyclic) bond motifs is 1. The van der Waals surface area contributed by atoms with Gasteiger partial charge in [0.15, 0.2) is 11.6 Å². The Kier molecular flexibility index (Phi) is 14.5. The predicted molar refractivity (Wildman–Crippen MR) is 216 cm³/mol. The molecule has 2 aromatic heterocycles. The summed E-state index contributed by atoms with van der Waals surface area (Å²) in [6, 6.07) is 11.5. The van der Waals surface area contributed by atoms with E-state index in [0.717, 1.165) is 6.07 Å². The van der Waals surface area contributed by atoms with Crippen LogP contribution in [0.1, 0.15) is 50.0 Å². The molecule has 2 aliphatic carbocycles. The van der Waals surface area contributed by atoms with Gasteiger partial charge in [0.2, 0.25) is 0 Å². The van der Waals surface area contributed by atoms with Crippen molar-refractivity contribution in [3.8, 4) is 0 Å². The van der Waals surface area contributed by atoms with E-state index in [1.54, 1.807) is 38.1 Å². The van der Waals surface area contributed by atoms with Crippen LogP contribution < -0.4 is 16.4 Å². The number of carbonyl (C=O) groups excluding carboxylic acids is 5. The summed E-state index contributed by atoms with van der Waals surface area (Å²) in [5.41, 5.74) is -1.05. The molecular formula is C42H48N6O11. The maximum absolute atomic E-state index is 13.8. The topological polar surface area (TPSA) is 232 Å². The molecule has 0 spiro atoms. The SMILES string of the molecule is CC(C)N(CCCN(CCCCN(CCCNc1cccc2ccc(=O)n(O)c12)C(=O)c1cccc(=O)n1O)C(=O)C1=CC=CC(=O)C1O)C(=O)C1=CC=CC(=O)C1O. The molecule has 0 bridgehead atoms. The van der Waals surface area contributed by atoms with Gasteiger partial charge >= 0.3 is 0 Å². The number of aliphatic hydroxyl groups is 2. The Balaban J connectivity index is 1.27. The Morgan fingerprint density at radius 1 is 0.661 bits per heavy atom. The first-order chi connectivity index (χ1) is 28.2. The van der Waals surface area contributed by atoms with E-state index in [-0.39, 0.29) is 72.3 Å². The van der Waals surface area contributed by atoms with Crippen LogP contribution in [0.5, 0.6) is 0 Å². The second kappa shape index (κ2) is 19.7. The van der Waals surface area contributed by atoms with Crippen molar-refractivity contribution in [3.63, 3.8) is 0 Å². The highest BCUT2D eigenvalue weighted by atomic mass is 16.5. The third-order valence-corrected chi connectivity index (χ3v) is 10.0. The molecule has 3 aromatic rings. The Morgan fingerprint density at radius 2 is 1.22 bits per heavy atom. The quantitative estimate of drug-likeness (QED) is 0.0913. The Labute approximate surface area is 339 Å². The third-order valence-electron chi connectivity index (χ3n) is 10.0. The molecule has 2 heterocycles. The highest BCUT2D eigenvalue weighted by Gasteiger charge is 2.32. The highest BCUT2D eigenvalue weighted by molar-refractivity contribution is 6.08. The number of rotatable bonds is 18. The summed E-state index contributed by atoms with van der Waals surface area (Å²) in [5.74, 6) is -2.99. The van der Waals surface area contributed by atoms with Gasteiger partial charge in [0.1, 0.15) is 23.4 Å². The molecule has 59 heavy (non-hydrogen) atoms. The number of pyridine rings is 2. The number of benzene rings is 1. The van der Waals surface area contributed by atoms with Crippen molar-refractivity contribution < 1.29 is 44.6 Å². The maximum atomic E-state index is 13.8. The van der Waals surface area contributed by atoms with Crippen LogP contribution in [0.15, 0.2) is 106 Å². The molecule has 17 heteroatoms. The Morgan fingerprint density at radius 3 is 1.86 bits per heavy atom. The van der Waals surface area contributed by atoms with Gasteiger partial charge in [0, 0.05) is 62.8 Å². The lowest BCUT2D eigenvalue weighted by Gasteiger charge is -2.31. The minimum Gasteiger partial charge on any atom is -0.425 e. The van der Waals surface area contributed by atoms with Crippen molar-refractivity contribution in [2.45, 2.75) is 57.8 Å². The number of aromatic nitrogens is 2. The van der Waals surface area contributed by atoms with E-state index in [1.165, 1.54) is 69.4 Å². The molecule has 3 amide bonds. The molecule has 17 nitrogen and oxygen atoms in total. The van der Waals surface area contributed by atoms with Gasteiger partial charge in [0.25, 0.3) is 28.8 Å². The lowest BCUT2D eigenvalue weighted by molar-refractivity contribution is -0.133. The smallest absolute Gasteiger partial charge is 0.283 e. The van der Waals surface area contributed by atoms with Crippen LogP contribution in [0.2, 0.25) is 0 Å². The van der Waals surface area contributed by atoms with E-state index in [1.807, 2.05) is 0 Å². The monoisotopic (exact) mass is 812 g/mol. The number of carbonyl (C=O) groups is 5. The molecule has 0 saturated carbocycles. The lowest BCUT2D eigenvalue weighted by Crippen LogP contribution is -2.44. The maximum Gasteiger partial charge on any atom is 0.283 e. The molecule has 0 saturated heterocycles. The molecule has 1 aromatic carbocycles. The van der Waals surface area contributed by atoms with Gasteiger partial charge < -0.3 is 40.6 Å². The Hall–Kier alpha value is -6.59. The molecule has 2 atom stereocenters. The summed E-state index contributed by atoms with van der Waals surface area (Å²) in [4.78, 5) is 93.9. The summed E-state index contributed by atoms with van der Waals surface area (Å²) in [6.07, 6.45) is 5.96. The number of nitrogens with zero attached hydrogens (tertiary/aromatic N) is 5. The normalized spacial score (nSPS) is 16.2. The summed E-state index contributed by atoms with van der Waals surface area (Å²) in [6.45, 7) is 4.54. The first-order valence-electron chi connectivity index (χ1n) is 19.3. The number of amides is 3. The average Bonchev–Trinajstić information content (AvgIpc) is 3.21. The van der Waals surface area contributed by atoms with Crippen LogP contribution in [-0.4, -0.2) is 132 Å². The summed E-state index contributed by atoms with van der Waals surface area (Å²) in [7, 11) is 0. The summed E-state index contributed by atoms with van der Waals surface area (Å²) >= 11 is 0. The van der Waals surface area contributed by atoms with Crippen molar-refractivity contribution in [1.29, 1.82) is 0 Å². The summed E-state index contributed by atoms with van der Waals surface area (Å²) in [5, 5.41) is 45.5. The number of allylic oxidation sites excluding steroid dienone is 4. The minimum absolute atomic E-state index is 0.0619. The molecule has 0 fully saturated rings. The second-order valence-electron chi connectivity index (χ2n) is 14.4. The van der Waals surface area contributed by atoms with Gasteiger partial charge in [-0.25, -0.2) is 0 Å². The van der Waals surface area contributed by atoms with Gasteiger partial charge in [-0.3, -0.25) is 33.6 Å². The zero-order valence-electron chi connectivity index (χ0n) is 32.8. The Bertz CT molecular complexity index is 2340. The second-order valence-corrected chi connectivity index (χ2v) is 14.4. The van der Waals surface area contributed by atoms with E-state index in [0.29, 0.717) is 41.6 Å². The standard InChI is InChI=1S/C42H48N6O11/c1-27(2)46(41(56)30-13-7-17-34(50)39(30)54)26-10-25-44(40(55)29-12-6-16-33(49)38(29)53)22-3-4-23-45(42(57)32-15-8-18-35(51)47(32)58)24-9-21-43-31-14-5-11-28-19-20-36(52)48(59)37(28)31/h5-8,11-20,27,38-39,43,53-54,58-59H,3-4,9-10,21-26H2,1-2H3. The lowest BCUT2D eigenvalue weighted by atomic mass is 9.98. The predicted octanol–water partition coefficient (Wildman–Crippen LogP) is 1.67. The number of hydrogen-bond donors (Lipinski definition) is 5. The summed E-state index contributed by atoms with van der Waals surface area (Å²) < 4.78 is 0.827. The number of nitrogens with one attached hydrogen (secondary N) is 1. The number of aliphatic hydroxyl groups excluding tert-OH is 2. The molecular weight excluding hydrogens is 764 g/mol. The van der Waals surface area contributed by atoms with Gasteiger partial charge in [-0.1, -0.05) is 42.5 Å². The van der Waals surface area contributed by atoms with Crippen LogP contribution in [0, 0.1) is 0 Å². The first kappa shape index (κ1) is 43.5. The zero-order chi connectivity index (χ0) is 42.8. The largest absolute Gasteiger partial charge is 0.425 e. The fourth-order valence-corrected chi connectivity index (χ4v) is 6.87. The molecule has 0 aliphatic heterocycles. The molecule has 312 valence electrons. The molecule has 2 aliphatic rings. The number of ketones is 2. The number of anilines is 1. The number of hydrogen-bond acceptors (Lipinski definition) is 12. The van der Waals surface area contributed by atoms with E-state index >= 15 is 0 Å². The molecule has 5 rings (SSSR count). The van der Waals surface area contributed by atoms with Crippen molar-refractivity contribution >= 4 is 45.9 Å². The van der Waals surface area contributed by atoms with E-state index in [2.05, 4.69) is 5.32 Å². The van der Waals surface area contributed by atoms with Gasteiger partial charge in [-0.05, 0) is 69.9 Å². The third kappa shape index (κ3) is 10.3. The molecule has 2 unspecified atom stereocenters. The number of para-hydroxylation sites is 1. The molecule has 5 N–H and O–H groups in total. The first-order valence-corrected chi connectivity index (χ1v) is 19.3. The van der Waals surface area contributed by atoms with Crippen LogP contribution in [0.25, 0.3) is 10.9 Å². The van der Waals surface area contributed by atoms with Gasteiger partial charge in [-0.2, -0.15) is 0 Å². The van der Waals surface area contributed by atoms with Crippen molar-refractivity contribution in [3.05, 3.63) is 123 Å². The van der Waals surface area contributed by atoms with Gasteiger partial charge in [0.05, 0.1) is 16.8 Å². The van der Waals surface area contributed by atoms with Gasteiger partial charge in [-0.15, -0.1) is 9.46 Å². The van der Waals surface area contributed by atoms with Crippen LogP contribution in [0.4, 0.5) is 5.69 Å². The van der Waals surface area contributed by atoms with E-state index in [9.17, 15) is 54.2 Å². The number of unbranched alkanes of at least 4 members (excludes halogenated alkanes) is 1. The van der Waals surface area contributed by atoms with Crippen LogP contribution >= 0.6 is 0 Å². The molecule has 0 radical (unpaired) electrons. The van der Waals surface area contributed by atoms with Crippen molar-refractivity contribution in [2.75, 3.05) is 44.6 Å². The van der Waals surface area contributed by atoms with E-state index in [4.69, 9.17) is 0 Å². The average molecular weight is 813 g/mol. The van der Waals surface area contributed by atoms with Crippen molar-refractivity contribution in [1.82, 2.24) is 24.2 Å². The fourth-order valence-electron chi connectivity index (χ4n) is 6.87. The fraction of sp³-hybridized carbons (Fsp3) is 0.357. The van der Waals surface area contributed by atoms with Crippen molar-refractivity contribution in [2.24, 2.45) is 0 Å². The van der Waals surface area contributed by atoms with Crippen LogP contribution in [-0.2, 0) is 19.2 Å². The van der Waals surface area contributed by atoms with Crippen LogP contribution in [0.3, 0.4) is 0 Å². The minimum atomic E-state index is -1.66. The highest BCUT2D eigenvalue weighted by Crippen LogP contribution is 2.22. The van der Waals surface area contributed by atoms with E-state index < -0.39 is 52.6 Å². The zero-order valence-corrected chi connectivity index (χ0v) is 32.8.